The zero-order chi connectivity index (χ0) is 18.1. The minimum Gasteiger partial charge on any atom is -0.503 e. The van der Waals surface area contributed by atoms with Gasteiger partial charge in [0.1, 0.15) is 5.75 Å². The Morgan fingerprint density at radius 3 is 2.68 bits per heavy atom. The number of hydrogen-bond acceptors (Lipinski definition) is 6. The van der Waals surface area contributed by atoms with Crippen LogP contribution < -0.4 is 9.47 Å². The Morgan fingerprint density at radius 2 is 2.00 bits per heavy atom. The number of allylic oxidation sites excluding steroid dienone is 1. The first-order chi connectivity index (χ1) is 11.9. The lowest BCUT2D eigenvalue weighted by molar-refractivity contribution is 0.0600. The van der Waals surface area contributed by atoms with Gasteiger partial charge in [-0.1, -0.05) is 0 Å². The Balaban J connectivity index is 1.98. The lowest BCUT2D eigenvalue weighted by Gasteiger charge is -2.07. The molecule has 25 heavy (non-hydrogen) atoms. The summed E-state index contributed by atoms with van der Waals surface area (Å²) in [6, 6.07) is 7.73. The first kappa shape index (κ1) is 17.0. The zero-order valence-corrected chi connectivity index (χ0v) is 14.9. The third-order valence-corrected chi connectivity index (χ3v) is 4.26. The van der Waals surface area contributed by atoms with Crippen LogP contribution in [0.5, 0.6) is 17.2 Å². The number of ketones is 1. The molecule has 0 spiro atoms. The molecule has 7 heteroatoms. The third-order valence-electron chi connectivity index (χ3n) is 3.66. The average molecular weight is 405 g/mol. The number of Topliss-reactive ketones (excluding diaryl/α,β-unsaturated/α-hetero) is 1. The Bertz CT molecular complexity index is 916. The minimum absolute atomic E-state index is 0.0330. The summed E-state index contributed by atoms with van der Waals surface area (Å²) in [5.74, 6) is -0.166. The van der Waals surface area contributed by atoms with Gasteiger partial charge in [-0.25, -0.2) is 4.79 Å². The number of fused-ring (bicyclic) bond motifs is 1. The molecule has 0 aliphatic carbocycles. The first-order valence-corrected chi connectivity index (χ1v) is 7.97. The minimum atomic E-state index is -0.528. The van der Waals surface area contributed by atoms with Gasteiger partial charge < -0.3 is 19.3 Å². The molecule has 1 heterocycles. The van der Waals surface area contributed by atoms with Crippen LogP contribution in [0, 0.1) is 0 Å². The molecule has 0 aromatic heterocycles. The predicted octanol–water partition coefficient (Wildman–Crippen LogP) is 3.57. The number of carbonyl (C=O) groups excluding carboxylic acids is 2. The number of rotatable bonds is 3. The van der Waals surface area contributed by atoms with E-state index in [4.69, 9.17) is 9.47 Å². The SMILES string of the molecule is COC(=O)c1ccc2c(c1)C(=O)/C(=C/c1cc(Br)c(O)c(OC)c1)O2. The van der Waals surface area contributed by atoms with E-state index in [9.17, 15) is 14.7 Å². The molecule has 2 aromatic rings. The van der Waals surface area contributed by atoms with E-state index >= 15 is 0 Å². The van der Waals surface area contributed by atoms with Crippen molar-refractivity contribution in [3.63, 3.8) is 0 Å². The fraction of sp³-hybridized carbons (Fsp3) is 0.111. The van der Waals surface area contributed by atoms with Crippen molar-refractivity contribution in [1.29, 1.82) is 0 Å². The van der Waals surface area contributed by atoms with E-state index in [-0.39, 0.29) is 28.6 Å². The molecule has 1 aliphatic rings. The van der Waals surface area contributed by atoms with Crippen LogP contribution in [-0.4, -0.2) is 31.1 Å². The number of phenols is 1. The van der Waals surface area contributed by atoms with Gasteiger partial charge in [0.05, 0.1) is 29.8 Å². The van der Waals surface area contributed by atoms with Gasteiger partial charge in [0.25, 0.3) is 0 Å². The zero-order valence-electron chi connectivity index (χ0n) is 13.3. The van der Waals surface area contributed by atoms with Crippen LogP contribution in [0.2, 0.25) is 0 Å². The Morgan fingerprint density at radius 1 is 1.24 bits per heavy atom. The van der Waals surface area contributed by atoms with E-state index in [0.717, 1.165) is 0 Å². The summed E-state index contributed by atoms with van der Waals surface area (Å²) in [7, 11) is 2.70. The lowest BCUT2D eigenvalue weighted by Crippen LogP contribution is -2.03. The van der Waals surface area contributed by atoms with Crippen molar-refractivity contribution in [2.24, 2.45) is 0 Å². The number of hydrogen-bond donors (Lipinski definition) is 1. The van der Waals surface area contributed by atoms with E-state index in [1.54, 1.807) is 18.2 Å². The summed E-state index contributed by atoms with van der Waals surface area (Å²) >= 11 is 3.23. The van der Waals surface area contributed by atoms with E-state index in [1.807, 2.05) is 0 Å². The van der Waals surface area contributed by atoms with Crippen LogP contribution >= 0.6 is 15.9 Å². The predicted molar refractivity (Wildman–Crippen MR) is 93.1 cm³/mol. The summed E-state index contributed by atoms with van der Waals surface area (Å²) in [6.45, 7) is 0. The van der Waals surface area contributed by atoms with Crippen molar-refractivity contribution >= 4 is 33.8 Å². The number of carbonyl (C=O) groups is 2. The standard InChI is InChI=1S/C18H13BrO6/c1-23-14-6-9(5-12(19)17(14)21)7-15-16(20)11-8-10(18(22)24-2)3-4-13(11)25-15/h3-8,21H,1-2H3/b15-7-. The molecule has 0 radical (unpaired) electrons. The molecule has 128 valence electrons. The number of ether oxygens (including phenoxy) is 3. The van der Waals surface area contributed by atoms with Crippen molar-refractivity contribution in [1.82, 2.24) is 0 Å². The summed E-state index contributed by atoms with van der Waals surface area (Å²) in [5.41, 5.74) is 1.17. The molecule has 0 amide bonds. The summed E-state index contributed by atoms with van der Waals surface area (Å²) in [5, 5.41) is 9.85. The molecule has 3 rings (SSSR count). The van der Waals surface area contributed by atoms with E-state index < -0.39 is 5.97 Å². The highest BCUT2D eigenvalue weighted by atomic mass is 79.9. The van der Waals surface area contributed by atoms with Gasteiger partial charge in [-0.05, 0) is 57.9 Å². The van der Waals surface area contributed by atoms with E-state index in [0.29, 0.717) is 21.3 Å². The van der Waals surface area contributed by atoms with Crippen LogP contribution in [0.4, 0.5) is 0 Å². The molecular formula is C18H13BrO6. The fourth-order valence-electron chi connectivity index (χ4n) is 2.42. The van der Waals surface area contributed by atoms with E-state index in [2.05, 4.69) is 20.7 Å². The maximum absolute atomic E-state index is 12.5. The Hall–Kier alpha value is -2.80. The molecule has 0 fully saturated rings. The van der Waals surface area contributed by atoms with Crippen LogP contribution in [-0.2, 0) is 4.74 Å². The van der Waals surface area contributed by atoms with Crippen molar-refractivity contribution < 1.29 is 28.9 Å². The first-order valence-electron chi connectivity index (χ1n) is 7.17. The second kappa shape index (κ2) is 6.60. The normalized spacial score (nSPS) is 14.2. The average Bonchev–Trinajstić information content (AvgIpc) is 2.92. The third kappa shape index (κ3) is 3.10. The molecule has 0 unspecified atom stereocenters. The molecule has 0 saturated heterocycles. The number of benzene rings is 2. The molecule has 6 nitrogen and oxygen atoms in total. The van der Waals surface area contributed by atoms with Gasteiger partial charge in [-0.3, -0.25) is 4.79 Å². The monoisotopic (exact) mass is 404 g/mol. The molecule has 1 aliphatic heterocycles. The highest BCUT2D eigenvalue weighted by Gasteiger charge is 2.28. The largest absolute Gasteiger partial charge is 0.503 e. The van der Waals surface area contributed by atoms with Gasteiger partial charge >= 0.3 is 5.97 Å². The molecule has 0 atom stereocenters. The summed E-state index contributed by atoms with van der Waals surface area (Å²) in [6.07, 6.45) is 1.53. The molecule has 0 saturated carbocycles. The van der Waals surface area contributed by atoms with Crippen molar-refractivity contribution in [3.8, 4) is 17.2 Å². The van der Waals surface area contributed by atoms with Gasteiger partial charge in [-0.15, -0.1) is 0 Å². The molecule has 2 aromatic carbocycles. The fourth-order valence-corrected chi connectivity index (χ4v) is 2.88. The maximum atomic E-state index is 12.5. The molecule has 0 bridgehead atoms. The molecule has 1 N–H and O–H groups in total. The van der Waals surface area contributed by atoms with E-state index in [1.165, 1.54) is 32.4 Å². The molecular weight excluding hydrogens is 392 g/mol. The van der Waals surface area contributed by atoms with Crippen molar-refractivity contribution in [2.75, 3.05) is 14.2 Å². The number of esters is 1. The number of aromatic hydroxyl groups is 1. The van der Waals surface area contributed by atoms with Gasteiger partial charge in [-0.2, -0.15) is 0 Å². The van der Waals surface area contributed by atoms with Crippen LogP contribution in [0.25, 0.3) is 6.08 Å². The highest BCUT2D eigenvalue weighted by Crippen LogP contribution is 2.37. The maximum Gasteiger partial charge on any atom is 0.337 e. The number of halogens is 1. The highest BCUT2D eigenvalue weighted by molar-refractivity contribution is 9.10. The number of phenolic OH excluding ortho intramolecular Hbond substituents is 1. The second-order valence-corrected chi connectivity index (χ2v) is 6.05. The smallest absolute Gasteiger partial charge is 0.337 e. The lowest BCUT2D eigenvalue weighted by atomic mass is 10.1. The summed E-state index contributed by atoms with van der Waals surface area (Å²) in [4.78, 5) is 24.1. The van der Waals surface area contributed by atoms with Gasteiger partial charge in [0, 0.05) is 0 Å². The van der Waals surface area contributed by atoms with Gasteiger partial charge in [0.15, 0.2) is 17.3 Å². The topological polar surface area (TPSA) is 82.1 Å². The number of methoxy groups -OCH3 is 2. The Labute approximate surface area is 151 Å². The van der Waals surface area contributed by atoms with Crippen LogP contribution in [0.15, 0.2) is 40.6 Å². The van der Waals surface area contributed by atoms with Crippen LogP contribution in [0.3, 0.4) is 0 Å². The van der Waals surface area contributed by atoms with Crippen molar-refractivity contribution in [3.05, 3.63) is 57.3 Å². The van der Waals surface area contributed by atoms with Crippen molar-refractivity contribution in [2.45, 2.75) is 0 Å². The quantitative estimate of drug-likeness (QED) is 0.621. The second-order valence-electron chi connectivity index (χ2n) is 5.20. The Kier molecular flexibility index (Phi) is 4.50. The van der Waals surface area contributed by atoms with Gasteiger partial charge in [0.2, 0.25) is 5.78 Å². The van der Waals surface area contributed by atoms with Crippen LogP contribution in [0.1, 0.15) is 26.3 Å². The summed E-state index contributed by atoms with van der Waals surface area (Å²) < 4.78 is 15.7.